The Kier molecular flexibility index (Phi) is 5.00. The Hall–Kier alpha value is -2.56. The maximum Gasteiger partial charge on any atom is 0.165 e. The van der Waals surface area contributed by atoms with Gasteiger partial charge in [0.2, 0.25) is 0 Å². The SMILES string of the molecule is CCCN(CC)c1c2c(nc3c(-c4ccc(OC)cc4C)c(C)nn13)CCC2. The van der Waals surface area contributed by atoms with Gasteiger partial charge in [0.15, 0.2) is 5.65 Å². The number of hydrogen-bond donors (Lipinski definition) is 0. The summed E-state index contributed by atoms with van der Waals surface area (Å²) < 4.78 is 7.50. The van der Waals surface area contributed by atoms with E-state index in [1.807, 2.05) is 6.07 Å². The number of fused-ring (bicyclic) bond motifs is 2. The lowest BCUT2D eigenvalue weighted by atomic mass is 10.0. The first kappa shape index (κ1) is 18.8. The molecule has 28 heavy (non-hydrogen) atoms. The Balaban J connectivity index is 1.99. The number of aromatic nitrogens is 3. The predicted molar refractivity (Wildman–Crippen MR) is 115 cm³/mol. The Morgan fingerprint density at radius 1 is 1.18 bits per heavy atom. The molecule has 0 saturated heterocycles. The van der Waals surface area contributed by atoms with Crippen molar-refractivity contribution in [2.24, 2.45) is 0 Å². The first-order valence-electron chi connectivity index (χ1n) is 10.4. The van der Waals surface area contributed by atoms with Gasteiger partial charge < -0.3 is 9.64 Å². The number of methoxy groups -OCH3 is 1. The minimum absolute atomic E-state index is 0.880. The van der Waals surface area contributed by atoms with Crippen LogP contribution >= 0.6 is 0 Å². The molecule has 0 radical (unpaired) electrons. The maximum absolute atomic E-state index is 5.39. The van der Waals surface area contributed by atoms with Gasteiger partial charge in [0.25, 0.3) is 0 Å². The molecule has 148 valence electrons. The molecule has 0 aliphatic heterocycles. The van der Waals surface area contributed by atoms with E-state index in [0.717, 1.165) is 55.0 Å². The summed E-state index contributed by atoms with van der Waals surface area (Å²) in [4.78, 5) is 7.58. The van der Waals surface area contributed by atoms with Crippen LogP contribution < -0.4 is 9.64 Å². The number of nitrogens with zero attached hydrogens (tertiary/aromatic N) is 4. The van der Waals surface area contributed by atoms with Gasteiger partial charge in [0.1, 0.15) is 11.6 Å². The zero-order valence-corrected chi connectivity index (χ0v) is 17.7. The van der Waals surface area contributed by atoms with Gasteiger partial charge in [-0.3, -0.25) is 0 Å². The number of hydrogen-bond acceptors (Lipinski definition) is 4. The number of anilines is 1. The molecule has 3 aromatic rings. The van der Waals surface area contributed by atoms with Crippen molar-refractivity contribution in [2.45, 2.75) is 53.4 Å². The standard InChI is InChI=1S/C23H30N4O/c1-6-13-26(7-2)23-19-9-8-10-20(19)24-22-21(16(4)25-27(22)23)18-12-11-17(28-5)14-15(18)3/h11-12,14H,6-10,13H2,1-5H3. The summed E-state index contributed by atoms with van der Waals surface area (Å²) in [7, 11) is 1.71. The van der Waals surface area contributed by atoms with Crippen molar-refractivity contribution in [1.29, 1.82) is 0 Å². The first-order valence-corrected chi connectivity index (χ1v) is 10.4. The van der Waals surface area contributed by atoms with E-state index in [1.54, 1.807) is 7.11 Å². The fourth-order valence-corrected chi connectivity index (χ4v) is 4.48. The van der Waals surface area contributed by atoms with Crippen LogP contribution in [0.25, 0.3) is 16.8 Å². The van der Waals surface area contributed by atoms with Crippen molar-refractivity contribution in [1.82, 2.24) is 14.6 Å². The van der Waals surface area contributed by atoms with E-state index in [0.29, 0.717) is 0 Å². The largest absolute Gasteiger partial charge is 0.497 e. The topological polar surface area (TPSA) is 42.7 Å². The predicted octanol–water partition coefficient (Wildman–Crippen LogP) is 4.75. The summed E-state index contributed by atoms with van der Waals surface area (Å²) >= 11 is 0. The molecule has 1 aromatic carbocycles. The average Bonchev–Trinajstić information content (AvgIpc) is 3.28. The molecule has 0 bridgehead atoms. The molecule has 0 atom stereocenters. The summed E-state index contributed by atoms with van der Waals surface area (Å²) in [6, 6.07) is 6.24. The normalized spacial score (nSPS) is 13.2. The molecule has 0 spiro atoms. The lowest BCUT2D eigenvalue weighted by molar-refractivity contribution is 0.414. The van der Waals surface area contributed by atoms with Crippen LogP contribution in [-0.2, 0) is 12.8 Å². The van der Waals surface area contributed by atoms with Crippen molar-refractivity contribution in [3.05, 3.63) is 40.7 Å². The van der Waals surface area contributed by atoms with Crippen LogP contribution in [0.1, 0.15) is 49.2 Å². The minimum atomic E-state index is 0.880. The molecule has 2 aromatic heterocycles. The molecule has 0 unspecified atom stereocenters. The van der Waals surface area contributed by atoms with Crippen molar-refractivity contribution < 1.29 is 4.74 Å². The molecule has 0 saturated carbocycles. The second kappa shape index (κ2) is 7.46. The quantitative estimate of drug-likeness (QED) is 0.621. The third kappa shape index (κ3) is 2.93. The van der Waals surface area contributed by atoms with E-state index >= 15 is 0 Å². The van der Waals surface area contributed by atoms with Gasteiger partial charge in [-0.15, -0.1) is 0 Å². The van der Waals surface area contributed by atoms with Gasteiger partial charge in [-0.25, -0.2) is 4.98 Å². The van der Waals surface area contributed by atoms with Crippen molar-refractivity contribution in [2.75, 3.05) is 25.1 Å². The fourth-order valence-electron chi connectivity index (χ4n) is 4.48. The molecule has 1 aliphatic rings. The van der Waals surface area contributed by atoms with E-state index in [2.05, 4.69) is 49.2 Å². The van der Waals surface area contributed by atoms with Crippen molar-refractivity contribution in [3.8, 4) is 16.9 Å². The lowest BCUT2D eigenvalue weighted by Gasteiger charge is -2.25. The molecule has 0 N–H and O–H groups in total. The number of benzene rings is 1. The zero-order valence-electron chi connectivity index (χ0n) is 17.7. The van der Waals surface area contributed by atoms with Crippen molar-refractivity contribution >= 4 is 11.5 Å². The smallest absolute Gasteiger partial charge is 0.165 e. The molecular weight excluding hydrogens is 348 g/mol. The van der Waals surface area contributed by atoms with E-state index in [-0.39, 0.29) is 0 Å². The summed E-state index contributed by atoms with van der Waals surface area (Å²) in [6.07, 6.45) is 4.47. The molecule has 4 rings (SSSR count). The molecule has 5 nitrogen and oxygen atoms in total. The summed E-state index contributed by atoms with van der Waals surface area (Å²) in [5, 5.41) is 4.98. The van der Waals surface area contributed by atoms with Crippen LogP contribution in [0.2, 0.25) is 0 Å². The third-order valence-corrected chi connectivity index (χ3v) is 5.81. The van der Waals surface area contributed by atoms with Crippen molar-refractivity contribution in [3.63, 3.8) is 0 Å². The second-order valence-corrected chi connectivity index (χ2v) is 7.67. The number of ether oxygens (including phenoxy) is 1. The number of rotatable bonds is 6. The maximum atomic E-state index is 5.39. The van der Waals surface area contributed by atoms with Gasteiger partial charge >= 0.3 is 0 Å². The van der Waals surface area contributed by atoms with Gasteiger partial charge in [-0.2, -0.15) is 9.61 Å². The van der Waals surface area contributed by atoms with Crippen LogP contribution in [0.3, 0.4) is 0 Å². The molecule has 1 aliphatic carbocycles. The highest BCUT2D eigenvalue weighted by molar-refractivity contribution is 5.83. The Bertz CT molecular complexity index is 1020. The zero-order chi connectivity index (χ0) is 19.8. The van der Waals surface area contributed by atoms with Crippen LogP contribution in [0.5, 0.6) is 5.75 Å². The lowest BCUT2D eigenvalue weighted by Crippen LogP contribution is -2.27. The molecule has 5 heteroatoms. The average molecular weight is 379 g/mol. The van der Waals surface area contributed by atoms with Crippen LogP contribution in [-0.4, -0.2) is 34.8 Å². The highest BCUT2D eigenvalue weighted by Crippen LogP contribution is 2.37. The van der Waals surface area contributed by atoms with E-state index in [4.69, 9.17) is 14.8 Å². The Morgan fingerprint density at radius 2 is 2.00 bits per heavy atom. The van der Waals surface area contributed by atoms with Crippen LogP contribution in [0.15, 0.2) is 18.2 Å². The van der Waals surface area contributed by atoms with Gasteiger partial charge in [0.05, 0.1) is 12.8 Å². The molecule has 0 fully saturated rings. The fraction of sp³-hybridized carbons (Fsp3) is 0.478. The highest BCUT2D eigenvalue weighted by atomic mass is 16.5. The first-order chi connectivity index (χ1) is 13.6. The summed E-state index contributed by atoms with van der Waals surface area (Å²) in [5.41, 5.74) is 8.16. The summed E-state index contributed by atoms with van der Waals surface area (Å²) in [6.45, 7) is 10.7. The van der Waals surface area contributed by atoms with Gasteiger partial charge in [0, 0.05) is 29.9 Å². The molecule has 0 amide bonds. The van der Waals surface area contributed by atoms with Crippen LogP contribution in [0, 0.1) is 13.8 Å². The van der Waals surface area contributed by atoms with Gasteiger partial charge in [-0.1, -0.05) is 13.0 Å². The number of aryl methyl sites for hydroxylation is 3. The second-order valence-electron chi connectivity index (χ2n) is 7.67. The van der Waals surface area contributed by atoms with E-state index < -0.39 is 0 Å². The summed E-state index contributed by atoms with van der Waals surface area (Å²) in [5.74, 6) is 2.13. The highest BCUT2D eigenvalue weighted by Gasteiger charge is 2.26. The van der Waals surface area contributed by atoms with Crippen LogP contribution in [0.4, 0.5) is 5.82 Å². The van der Waals surface area contributed by atoms with Gasteiger partial charge in [-0.05, 0) is 69.7 Å². The molecular formula is C23H30N4O. The Morgan fingerprint density at radius 3 is 2.68 bits per heavy atom. The third-order valence-electron chi connectivity index (χ3n) is 5.81. The monoisotopic (exact) mass is 378 g/mol. The van der Waals surface area contributed by atoms with E-state index in [9.17, 15) is 0 Å². The Labute approximate surface area is 167 Å². The minimum Gasteiger partial charge on any atom is -0.497 e. The van der Waals surface area contributed by atoms with E-state index in [1.165, 1.54) is 34.6 Å². The molecule has 2 heterocycles.